The third-order valence-corrected chi connectivity index (χ3v) is 6.25. The Labute approximate surface area is 186 Å². The van der Waals surface area contributed by atoms with Crippen molar-refractivity contribution in [2.45, 2.75) is 32.7 Å². The van der Waals surface area contributed by atoms with Gasteiger partial charge in [0.1, 0.15) is 17.2 Å². The van der Waals surface area contributed by atoms with Crippen LogP contribution in [0.25, 0.3) is 5.65 Å². The Morgan fingerprint density at radius 2 is 1.81 bits per heavy atom. The Balaban J connectivity index is 1.35. The highest BCUT2D eigenvalue weighted by Crippen LogP contribution is 2.29. The van der Waals surface area contributed by atoms with Gasteiger partial charge in [-0.1, -0.05) is 0 Å². The number of rotatable bonds is 5. The van der Waals surface area contributed by atoms with Crippen molar-refractivity contribution in [1.82, 2.24) is 19.3 Å². The topological polar surface area (TPSA) is 109 Å². The molecular weight excluding hydrogens is 406 g/mol. The van der Waals surface area contributed by atoms with Crippen molar-refractivity contribution in [3.63, 3.8) is 0 Å². The number of nitrogens with one attached hydrogen (secondary N) is 1. The van der Waals surface area contributed by atoms with E-state index in [1.165, 1.54) is 12.8 Å². The van der Waals surface area contributed by atoms with Gasteiger partial charge in [0.05, 0.1) is 11.3 Å². The van der Waals surface area contributed by atoms with Gasteiger partial charge in [-0.05, 0) is 44.9 Å². The number of aromatic nitrogens is 3. The Bertz CT molecular complexity index is 1210. The minimum absolute atomic E-state index is 0.246. The van der Waals surface area contributed by atoms with Crippen LogP contribution in [0.4, 0.5) is 11.4 Å². The van der Waals surface area contributed by atoms with Gasteiger partial charge in [-0.25, -0.2) is 9.97 Å². The summed E-state index contributed by atoms with van der Waals surface area (Å²) in [4.78, 5) is 38.6. The van der Waals surface area contributed by atoms with Crippen LogP contribution in [-0.4, -0.2) is 63.3 Å². The molecule has 1 saturated heterocycles. The highest BCUT2D eigenvalue weighted by atomic mass is 16.2. The van der Waals surface area contributed by atoms with Crippen LogP contribution in [0.5, 0.6) is 0 Å². The molecule has 32 heavy (non-hydrogen) atoms. The van der Waals surface area contributed by atoms with E-state index < -0.39 is 11.8 Å². The Morgan fingerprint density at radius 1 is 1.06 bits per heavy atom. The Morgan fingerprint density at radius 3 is 2.50 bits per heavy atom. The summed E-state index contributed by atoms with van der Waals surface area (Å²) in [5.41, 5.74) is 8.99. The van der Waals surface area contributed by atoms with Crippen LogP contribution in [0, 0.1) is 13.8 Å². The van der Waals surface area contributed by atoms with Crippen molar-refractivity contribution >= 4 is 28.8 Å². The maximum Gasteiger partial charge on any atom is 0.275 e. The molecule has 2 aromatic heterocycles. The van der Waals surface area contributed by atoms with Gasteiger partial charge in [-0.3, -0.25) is 18.9 Å². The molecule has 3 aromatic rings. The zero-order chi connectivity index (χ0) is 22.4. The number of hydrogen-bond acceptors (Lipinski definition) is 6. The lowest BCUT2D eigenvalue weighted by Gasteiger charge is -2.36. The quantitative estimate of drug-likeness (QED) is 0.637. The van der Waals surface area contributed by atoms with Crippen molar-refractivity contribution in [1.29, 1.82) is 0 Å². The summed E-state index contributed by atoms with van der Waals surface area (Å²) in [5, 5.41) is 2.80. The predicted molar refractivity (Wildman–Crippen MR) is 122 cm³/mol. The first-order chi connectivity index (χ1) is 15.4. The average molecular weight is 434 g/mol. The molecule has 2 fully saturated rings. The zero-order valence-corrected chi connectivity index (χ0v) is 18.3. The van der Waals surface area contributed by atoms with Crippen molar-refractivity contribution in [3.05, 3.63) is 53.2 Å². The van der Waals surface area contributed by atoms with E-state index in [0.29, 0.717) is 11.3 Å². The first-order valence-electron chi connectivity index (χ1n) is 11.0. The number of imidazole rings is 1. The Kier molecular flexibility index (Phi) is 5.05. The summed E-state index contributed by atoms with van der Waals surface area (Å²) in [6, 6.07) is 8.02. The van der Waals surface area contributed by atoms with Crippen LogP contribution in [0.1, 0.15) is 45.2 Å². The highest BCUT2D eigenvalue weighted by Gasteiger charge is 2.31. The lowest BCUT2D eigenvalue weighted by Crippen LogP contribution is -2.47. The van der Waals surface area contributed by atoms with Gasteiger partial charge < -0.3 is 16.0 Å². The molecule has 0 radical (unpaired) electrons. The third-order valence-electron chi connectivity index (χ3n) is 6.25. The number of nitrogens with zero attached hydrogens (tertiary/aromatic N) is 5. The molecule has 1 saturated carbocycles. The Hall–Kier alpha value is -3.46. The molecule has 1 aliphatic carbocycles. The number of carbonyl (C=O) groups excluding carboxylic acids is 2. The number of carbonyl (C=O) groups is 2. The van der Waals surface area contributed by atoms with Crippen LogP contribution in [-0.2, 0) is 0 Å². The smallest absolute Gasteiger partial charge is 0.275 e. The molecule has 1 aliphatic heterocycles. The third kappa shape index (κ3) is 3.91. The lowest BCUT2D eigenvalue weighted by atomic mass is 10.1. The molecule has 1 aromatic carbocycles. The second-order valence-electron chi connectivity index (χ2n) is 8.60. The first kappa shape index (κ1) is 20.4. The van der Waals surface area contributed by atoms with E-state index in [-0.39, 0.29) is 11.3 Å². The summed E-state index contributed by atoms with van der Waals surface area (Å²) in [5.74, 6) is -0.237. The van der Waals surface area contributed by atoms with Crippen molar-refractivity contribution in [2.75, 3.05) is 36.4 Å². The molecule has 5 rings (SSSR count). The number of benzene rings is 1. The second kappa shape index (κ2) is 7.90. The minimum atomic E-state index is -0.579. The molecule has 0 atom stereocenters. The molecule has 3 heterocycles. The largest absolute Gasteiger partial charge is 0.369 e. The summed E-state index contributed by atoms with van der Waals surface area (Å²) in [6.07, 6.45) is 4.26. The standard InChI is InChI=1S/C23H27N7O2/c1-14-11-21-26-20(13-30(21)15(2)25-14)23(32)27-19-6-5-17(12-18(19)22(24)31)29-9-7-28(8-10-29)16-3-4-16/h5-6,11-13,16H,3-4,7-10H2,1-2H3,(H2,24,31)(H,27,32). The van der Waals surface area contributed by atoms with Gasteiger partial charge in [-0.2, -0.15) is 0 Å². The lowest BCUT2D eigenvalue weighted by molar-refractivity contribution is 0.100. The van der Waals surface area contributed by atoms with Gasteiger partial charge in [0.15, 0.2) is 0 Å². The van der Waals surface area contributed by atoms with Crippen LogP contribution < -0.4 is 16.0 Å². The normalized spacial score (nSPS) is 17.0. The number of primary amides is 1. The average Bonchev–Trinajstić information content (AvgIpc) is 3.53. The predicted octanol–water partition coefficient (Wildman–Crippen LogP) is 1.98. The van der Waals surface area contributed by atoms with E-state index >= 15 is 0 Å². The van der Waals surface area contributed by atoms with Gasteiger partial charge in [-0.15, -0.1) is 0 Å². The van der Waals surface area contributed by atoms with E-state index in [2.05, 4.69) is 25.1 Å². The summed E-state index contributed by atoms with van der Waals surface area (Å²) < 4.78 is 1.77. The maximum absolute atomic E-state index is 12.9. The van der Waals surface area contributed by atoms with Crippen molar-refractivity contribution < 1.29 is 9.59 Å². The number of amides is 2. The second-order valence-corrected chi connectivity index (χ2v) is 8.60. The van der Waals surface area contributed by atoms with E-state index in [9.17, 15) is 9.59 Å². The number of piperazine rings is 1. The maximum atomic E-state index is 12.9. The van der Waals surface area contributed by atoms with Gasteiger partial charge in [0.2, 0.25) is 0 Å². The van der Waals surface area contributed by atoms with E-state index in [0.717, 1.165) is 49.4 Å². The molecule has 9 nitrogen and oxygen atoms in total. The molecule has 2 amide bonds. The fraction of sp³-hybridized carbons (Fsp3) is 0.391. The molecule has 3 N–H and O–H groups in total. The molecule has 0 spiro atoms. The van der Waals surface area contributed by atoms with Crippen LogP contribution in [0.15, 0.2) is 30.5 Å². The molecule has 0 unspecified atom stereocenters. The molecular formula is C23H27N7O2. The van der Waals surface area contributed by atoms with E-state index in [4.69, 9.17) is 5.73 Å². The number of aryl methyl sites for hydroxylation is 2. The van der Waals surface area contributed by atoms with E-state index in [1.807, 2.05) is 26.0 Å². The summed E-state index contributed by atoms with van der Waals surface area (Å²) in [7, 11) is 0. The molecule has 2 aliphatic rings. The van der Waals surface area contributed by atoms with E-state index in [1.54, 1.807) is 22.7 Å². The van der Waals surface area contributed by atoms with Crippen LogP contribution >= 0.6 is 0 Å². The minimum Gasteiger partial charge on any atom is -0.369 e. The van der Waals surface area contributed by atoms with Crippen LogP contribution in [0.2, 0.25) is 0 Å². The SMILES string of the molecule is Cc1cc2nc(C(=O)Nc3ccc(N4CCN(C5CC5)CC4)cc3C(N)=O)cn2c(C)n1. The summed E-state index contributed by atoms with van der Waals surface area (Å²) in [6.45, 7) is 7.61. The molecule has 166 valence electrons. The fourth-order valence-corrected chi connectivity index (χ4v) is 4.41. The zero-order valence-electron chi connectivity index (χ0n) is 18.3. The van der Waals surface area contributed by atoms with Crippen molar-refractivity contribution in [3.8, 4) is 0 Å². The van der Waals surface area contributed by atoms with Crippen molar-refractivity contribution in [2.24, 2.45) is 5.73 Å². The fourth-order valence-electron chi connectivity index (χ4n) is 4.41. The first-order valence-corrected chi connectivity index (χ1v) is 11.0. The molecule has 0 bridgehead atoms. The number of nitrogens with two attached hydrogens (primary N) is 1. The monoisotopic (exact) mass is 433 g/mol. The summed E-state index contributed by atoms with van der Waals surface area (Å²) >= 11 is 0. The highest BCUT2D eigenvalue weighted by molar-refractivity contribution is 6.08. The van der Waals surface area contributed by atoms with Gasteiger partial charge in [0, 0.05) is 55.9 Å². The van der Waals surface area contributed by atoms with Gasteiger partial charge in [0.25, 0.3) is 11.8 Å². The van der Waals surface area contributed by atoms with Crippen LogP contribution in [0.3, 0.4) is 0 Å². The van der Waals surface area contributed by atoms with Gasteiger partial charge >= 0.3 is 0 Å². The molecule has 9 heteroatoms. The number of hydrogen-bond donors (Lipinski definition) is 2. The number of anilines is 2. The number of fused-ring (bicyclic) bond motifs is 1.